The van der Waals surface area contributed by atoms with Gasteiger partial charge in [0.25, 0.3) is 0 Å². The van der Waals surface area contributed by atoms with Gasteiger partial charge in [-0.15, -0.1) is 0 Å². The summed E-state index contributed by atoms with van der Waals surface area (Å²) >= 11 is 0. The molecule has 1 saturated carbocycles. The van der Waals surface area contributed by atoms with Crippen molar-refractivity contribution in [2.24, 2.45) is 5.41 Å². The number of aliphatic hydroxyl groups excluding tert-OH is 1. The Balaban J connectivity index is 2.08. The Kier molecular flexibility index (Phi) is 2.49. The second-order valence-electron chi connectivity index (χ2n) is 5.69. The topological polar surface area (TPSA) is 58.6 Å². The van der Waals surface area contributed by atoms with Crippen molar-refractivity contribution >= 4 is 5.97 Å². The number of hydrogen-bond donors (Lipinski definition) is 2. The molecule has 0 amide bonds. The summed E-state index contributed by atoms with van der Waals surface area (Å²) in [5, 5.41) is 12.7. The molecule has 1 spiro atoms. The molecule has 1 aliphatic heterocycles. The first kappa shape index (κ1) is 11.5. The van der Waals surface area contributed by atoms with Crippen molar-refractivity contribution < 1.29 is 14.6 Å². The molecule has 90 valence electrons. The summed E-state index contributed by atoms with van der Waals surface area (Å²) in [7, 11) is 0. The Labute approximate surface area is 95.7 Å². The molecule has 1 unspecified atom stereocenters. The minimum Gasteiger partial charge on any atom is -0.455 e. The summed E-state index contributed by atoms with van der Waals surface area (Å²) < 4.78 is 5.28. The summed E-state index contributed by atoms with van der Waals surface area (Å²) in [6.07, 6.45) is 3.39. The van der Waals surface area contributed by atoms with Gasteiger partial charge in [-0.05, 0) is 39.7 Å². The maximum Gasteiger partial charge on any atom is 0.354 e. The Morgan fingerprint density at radius 2 is 2.19 bits per heavy atom. The van der Waals surface area contributed by atoms with E-state index in [4.69, 9.17) is 4.74 Å². The number of carbonyl (C=O) groups excluding carboxylic acids is 1. The van der Waals surface area contributed by atoms with Gasteiger partial charge in [0.2, 0.25) is 0 Å². The Hall–Kier alpha value is -1.03. The van der Waals surface area contributed by atoms with E-state index in [-0.39, 0.29) is 17.5 Å². The molecule has 4 nitrogen and oxygen atoms in total. The normalized spacial score (nSPS) is 27.0. The number of β-amino-alcohol motifs (C(OH)–C–C–N with tert-alkyl or cyclic N) is 1. The SMILES string of the molecule is CC(C)(C)OC(=O)C1=CC2(CC2)C(O)CN1. The van der Waals surface area contributed by atoms with Crippen LogP contribution in [0.15, 0.2) is 11.8 Å². The second-order valence-corrected chi connectivity index (χ2v) is 5.69. The van der Waals surface area contributed by atoms with E-state index in [9.17, 15) is 9.90 Å². The molecule has 0 bridgehead atoms. The highest BCUT2D eigenvalue weighted by Gasteiger charge is 2.50. The zero-order valence-electron chi connectivity index (χ0n) is 10.0. The van der Waals surface area contributed by atoms with Gasteiger partial charge in [0, 0.05) is 12.0 Å². The second kappa shape index (κ2) is 3.48. The number of rotatable bonds is 1. The zero-order chi connectivity index (χ0) is 12.0. The predicted molar refractivity (Wildman–Crippen MR) is 59.6 cm³/mol. The van der Waals surface area contributed by atoms with Gasteiger partial charge in [0.15, 0.2) is 0 Å². The molecule has 0 aromatic carbocycles. The van der Waals surface area contributed by atoms with Crippen molar-refractivity contribution in [2.75, 3.05) is 6.54 Å². The van der Waals surface area contributed by atoms with Crippen LogP contribution in [0.3, 0.4) is 0 Å². The molecule has 1 fully saturated rings. The zero-order valence-corrected chi connectivity index (χ0v) is 10.0. The summed E-state index contributed by atoms with van der Waals surface area (Å²) in [5.41, 5.74) is -0.137. The Morgan fingerprint density at radius 3 is 2.69 bits per heavy atom. The van der Waals surface area contributed by atoms with Gasteiger partial charge in [-0.1, -0.05) is 0 Å². The van der Waals surface area contributed by atoms with E-state index in [0.717, 1.165) is 12.8 Å². The summed E-state index contributed by atoms with van der Waals surface area (Å²) in [6, 6.07) is 0. The van der Waals surface area contributed by atoms with E-state index in [1.165, 1.54) is 0 Å². The molecular weight excluding hydrogens is 206 g/mol. The standard InChI is InChI=1S/C12H19NO3/c1-11(2,3)16-10(15)8-6-12(4-5-12)9(14)7-13-8/h6,9,13-14H,4-5,7H2,1-3H3. The van der Waals surface area contributed by atoms with Crippen LogP contribution in [0.2, 0.25) is 0 Å². The van der Waals surface area contributed by atoms with Gasteiger partial charge in [0.05, 0.1) is 6.10 Å². The minimum atomic E-state index is -0.480. The molecule has 2 rings (SSSR count). The van der Waals surface area contributed by atoms with E-state index in [2.05, 4.69) is 5.32 Å². The third-order valence-corrected chi connectivity index (χ3v) is 3.03. The monoisotopic (exact) mass is 225 g/mol. The molecule has 2 aliphatic rings. The van der Waals surface area contributed by atoms with Crippen LogP contribution in [0.1, 0.15) is 33.6 Å². The summed E-state index contributed by atoms with van der Waals surface area (Å²) in [4.78, 5) is 11.8. The fourth-order valence-electron chi connectivity index (χ4n) is 1.93. The molecule has 4 heteroatoms. The van der Waals surface area contributed by atoms with Crippen molar-refractivity contribution in [3.8, 4) is 0 Å². The average molecular weight is 225 g/mol. The fourth-order valence-corrected chi connectivity index (χ4v) is 1.93. The Bertz CT molecular complexity index is 337. The summed E-state index contributed by atoms with van der Waals surface area (Å²) in [6.45, 7) is 5.97. The van der Waals surface area contributed by atoms with Gasteiger partial charge in [0.1, 0.15) is 11.3 Å². The van der Waals surface area contributed by atoms with Gasteiger partial charge in [-0.2, -0.15) is 0 Å². The van der Waals surface area contributed by atoms with Crippen molar-refractivity contribution in [3.05, 3.63) is 11.8 Å². The number of ether oxygens (including phenoxy) is 1. The first-order chi connectivity index (χ1) is 7.32. The van der Waals surface area contributed by atoms with Crippen molar-refractivity contribution in [2.45, 2.75) is 45.3 Å². The van der Waals surface area contributed by atoms with E-state index >= 15 is 0 Å². The lowest BCUT2D eigenvalue weighted by Crippen LogP contribution is -2.41. The summed E-state index contributed by atoms with van der Waals surface area (Å²) in [5.74, 6) is -0.328. The molecule has 1 heterocycles. The van der Waals surface area contributed by atoms with Gasteiger partial charge in [-0.3, -0.25) is 0 Å². The van der Waals surface area contributed by atoms with Gasteiger partial charge < -0.3 is 15.2 Å². The highest BCUT2D eigenvalue weighted by atomic mass is 16.6. The molecule has 1 aliphatic carbocycles. The number of nitrogens with one attached hydrogen (secondary N) is 1. The lowest BCUT2D eigenvalue weighted by Gasteiger charge is -2.28. The van der Waals surface area contributed by atoms with E-state index in [1.807, 2.05) is 26.8 Å². The third kappa shape index (κ3) is 2.21. The molecule has 0 radical (unpaired) electrons. The predicted octanol–water partition coefficient (Wildman–Crippen LogP) is 0.956. The van der Waals surface area contributed by atoms with Crippen molar-refractivity contribution in [1.29, 1.82) is 0 Å². The van der Waals surface area contributed by atoms with Crippen LogP contribution in [-0.4, -0.2) is 29.3 Å². The lowest BCUT2D eigenvalue weighted by molar-refractivity contribution is -0.150. The van der Waals surface area contributed by atoms with Gasteiger partial charge in [-0.25, -0.2) is 4.79 Å². The smallest absolute Gasteiger partial charge is 0.354 e. The third-order valence-electron chi connectivity index (χ3n) is 3.03. The molecule has 1 atom stereocenters. The van der Waals surface area contributed by atoms with Crippen molar-refractivity contribution in [3.63, 3.8) is 0 Å². The number of esters is 1. The molecule has 0 aromatic rings. The maximum atomic E-state index is 11.8. The lowest BCUT2D eigenvalue weighted by atomic mass is 9.94. The highest BCUT2D eigenvalue weighted by Crippen LogP contribution is 2.51. The Morgan fingerprint density at radius 1 is 1.56 bits per heavy atom. The van der Waals surface area contributed by atoms with Crippen LogP contribution in [0.4, 0.5) is 0 Å². The maximum absolute atomic E-state index is 11.8. The number of aliphatic hydroxyl groups is 1. The molecule has 2 N–H and O–H groups in total. The largest absolute Gasteiger partial charge is 0.455 e. The molecular formula is C12H19NO3. The minimum absolute atomic E-state index is 0.155. The highest BCUT2D eigenvalue weighted by molar-refractivity contribution is 5.88. The van der Waals surface area contributed by atoms with E-state index in [0.29, 0.717) is 12.2 Å². The van der Waals surface area contributed by atoms with Crippen LogP contribution in [-0.2, 0) is 9.53 Å². The van der Waals surface area contributed by atoms with E-state index in [1.54, 1.807) is 0 Å². The van der Waals surface area contributed by atoms with Crippen LogP contribution >= 0.6 is 0 Å². The first-order valence-corrected chi connectivity index (χ1v) is 5.71. The molecule has 16 heavy (non-hydrogen) atoms. The van der Waals surface area contributed by atoms with Crippen molar-refractivity contribution in [1.82, 2.24) is 5.32 Å². The van der Waals surface area contributed by atoms with E-state index < -0.39 is 5.60 Å². The van der Waals surface area contributed by atoms with Crippen LogP contribution in [0.5, 0.6) is 0 Å². The number of carbonyl (C=O) groups is 1. The molecule has 0 saturated heterocycles. The first-order valence-electron chi connectivity index (χ1n) is 5.71. The fraction of sp³-hybridized carbons (Fsp3) is 0.750. The quantitative estimate of drug-likeness (QED) is 0.652. The van der Waals surface area contributed by atoms with Crippen LogP contribution < -0.4 is 5.32 Å². The molecule has 0 aromatic heterocycles. The van der Waals surface area contributed by atoms with Gasteiger partial charge >= 0.3 is 5.97 Å². The van der Waals surface area contributed by atoms with Crippen LogP contribution in [0.25, 0.3) is 0 Å². The average Bonchev–Trinajstić information content (AvgIpc) is 2.88. The van der Waals surface area contributed by atoms with Crippen LogP contribution in [0, 0.1) is 5.41 Å². The number of hydrogen-bond acceptors (Lipinski definition) is 4.